The first kappa shape index (κ1) is 20.6. The maximum Gasteiger partial charge on any atom is 0.252 e. The fraction of sp³-hybridized carbons (Fsp3) is 0.417. The summed E-state index contributed by atoms with van der Waals surface area (Å²) >= 11 is 0. The molecule has 0 saturated carbocycles. The number of likely N-dealkylation sites (tertiary alicyclic amines) is 1. The second kappa shape index (κ2) is 8.35. The molecule has 4 aromatic rings. The van der Waals surface area contributed by atoms with E-state index in [2.05, 4.69) is 57.4 Å². The number of benzene rings is 1. The van der Waals surface area contributed by atoms with E-state index >= 15 is 0 Å². The molecule has 1 aliphatic rings. The average Bonchev–Trinajstić information content (AvgIpc) is 3.42. The van der Waals surface area contributed by atoms with Crippen LogP contribution in [0.3, 0.4) is 0 Å². The molecule has 32 heavy (non-hydrogen) atoms. The average molecular weight is 432 g/mol. The number of H-pyrrole nitrogens is 1. The first-order chi connectivity index (χ1) is 15.5. The van der Waals surface area contributed by atoms with Gasteiger partial charge >= 0.3 is 0 Å². The van der Waals surface area contributed by atoms with Crippen LogP contribution < -0.4 is 5.32 Å². The van der Waals surface area contributed by atoms with Crippen molar-refractivity contribution in [1.82, 2.24) is 34.8 Å². The van der Waals surface area contributed by atoms with Gasteiger partial charge in [0, 0.05) is 41.9 Å². The largest absolute Gasteiger partial charge is 0.354 e. The van der Waals surface area contributed by atoms with Crippen LogP contribution in [0.25, 0.3) is 27.9 Å². The van der Waals surface area contributed by atoms with Gasteiger partial charge in [-0.15, -0.1) is 0 Å². The molecule has 0 spiro atoms. The van der Waals surface area contributed by atoms with Gasteiger partial charge in [0.2, 0.25) is 5.91 Å². The molecule has 8 nitrogen and oxygen atoms in total. The molecular formula is C24H29N7O. The molecule has 5 rings (SSSR count). The van der Waals surface area contributed by atoms with Crippen molar-refractivity contribution in [3.8, 4) is 11.3 Å². The Morgan fingerprint density at radius 1 is 1.25 bits per heavy atom. The van der Waals surface area contributed by atoms with Crippen LogP contribution >= 0.6 is 0 Å². The highest BCUT2D eigenvalue weighted by molar-refractivity contribution is 5.91. The number of aromatic amines is 1. The molecule has 166 valence electrons. The van der Waals surface area contributed by atoms with Crippen molar-refractivity contribution in [2.24, 2.45) is 0 Å². The molecule has 2 N–H and O–H groups in total. The predicted molar refractivity (Wildman–Crippen MR) is 125 cm³/mol. The van der Waals surface area contributed by atoms with Gasteiger partial charge in [-0.1, -0.05) is 19.9 Å². The molecule has 1 aromatic carbocycles. The Labute approximate surface area is 187 Å². The lowest BCUT2D eigenvalue weighted by Gasteiger charge is -2.32. The SMILES string of the molecule is CNCC(=O)N1CCC(c2ccc3[nH]c(-c4cnc5ncnn5c4)c(C(C)C)c3c2)CC1. The predicted octanol–water partition coefficient (Wildman–Crippen LogP) is 3.32. The zero-order valence-electron chi connectivity index (χ0n) is 18.8. The summed E-state index contributed by atoms with van der Waals surface area (Å²) in [5, 5.41) is 8.46. The minimum atomic E-state index is 0.191. The number of hydrogen-bond acceptors (Lipinski definition) is 5. The first-order valence-corrected chi connectivity index (χ1v) is 11.3. The van der Waals surface area contributed by atoms with Gasteiger partial charge < -0.3 is 15.2 Å². The summed E-state index contributed by atoms with van der Waals surface area (Å²) in [7, 11) is 1.82. The van der Waals surface area contributed by atoms with E-state index in [-0.39, 0.29) is 5.91 Å². The van der Waals surface area contributed by atoms with Crippen molar-refractivity contribution in [1.29, 1.82) is 0 Å². The van der Waals surface area contributed by atoms with E-state index in [0.29, 0.717) is 24.2 Å². The van der Waals surface area contributed by atoms with Gasteiger partial charge in [0.05, 0.1) is 12.2 Å². The Kier molecular flexibility index (Phi) is 5.38. The summed E-state index contributed by atoms with van der Waals surface area (Å²) in [6.07, 6.45) is 7.36. The smallest absolute Gasteiger partial charge is 0.252 e. The molecule has 4 heterocycles. The van der Waals surface area contributed by atoms with E-state index < -0.39 is 0 Å². The molecule has 0 aliphatic carbocycles. The number of hydrogen-bond donors (Lipinski definition) is 2. The number of aromatic nitrogens is 5. The van der Waals surface area contributed by atoms with E-state index in [1.54, 1.807) is 4.52 Å². The van der Waals surface area contributed by atoms with Crippen LogP contribution in [0.1, 0.15) is 49.7 Å². The maximum absolute atomic E-state index is 12.2. The summed E-state index contributed by atoms with van der Waals surface area (Å²) in [6, 6.07) is 6.78. The van der Waals surface area contributed by atoms with Crippen molar-refractivity contribution >= 4 is 22.6 Å². The molecular weight excluding hydrogens is 402 g/mol. The van der Waals surface area contributed by atoms with Crippen LogP contribution in [-0.4, -0.2) is 62.1 Å². The number of piperidine rings is 1. The van der Waals surface area contributed by atoms with Crippen molar-refractivity contribution in [2.75, 3.05) is 26.7 Å². The number of likely N-dealkylation sites (N-methyl/N-ethyl adjacent to an activating group) is 1. The number of amides is 1. The normalized spacial score (nSPS) is 15.3. The molecule has 0 atom stereocenters. The van der Waals surface area contributed by atoms with Gasteiger partial charge in [-0.05, 0) is 55.0 Å². The van der Waals surface area contributed by atoms with Crippen LogP contribution in [-0.2, 0) is 4.79 Å². The molecule has 1 amide bonds. The van der Waals surface area contributed by atoms with Gasteiger partial charge in [0.25, 0.3) is 5.78 Å². The number of nitrogens with one attached hydrogen (secondary N) is 2. The van der Waals surface area contributed by atoms with Gasteiger partial charge in [0.15, 0.2) is 0 Å². The number of carbonyl (C=O) groups is 1. The van der Waals surface area contributed by atoms with E-state index in [1.807, 2.05) is 24.3 Å². The maximum atomic E-state index is 12.2. The summed E-state index contributed by atoms with van der Waals surface area (Å²) < 4.78 is 1.71. The summed E-state index contributed by atoms with van der Waals surface area (Å²) in [5.74, 6) is 1.61. The highest BCUT2D eigenvalue weighted by Gasteiger charge is 2.25. The standard InChI is InChI=1S/C24H29N7O/c1-15(2)22-19-10-17(16-6-8-30(9-7-16)21(32)12-25-3)4-5-20(19)29-23(22)18-11-26-24-27-14-28-31(24)13-18/h4-5,10-11,13-16,25,29H,6-9,12H2,1-3H3. The van der Waals surface area contributed by atoms with Crippen LogP contribution in [0, 0.1) is 0 Å². The molecule has 8 heteroatoms. The Bertz CT molecular complexity index is 1260. The van der Waals surface area contributed by atoms with E-state index in [4.69, 9.17) is 0 Å². The zero-order valence-corrected chi connectivity index (χ0v) is 18.8. The summed E-state index contributed by atoms with van der Waals surface area (Å²) in [5.41, 5.74) is 5.87. The van der Waals surface area contributed by atoms with Crippen LogP contribution in [0.15, 0.2) is 36.9 Å². The molecule has 1 saturated heterocycles. The first-order valence-electron chi connectivity index (χ1n) is 11.3. The third-order valence-corrected chi connectivity index (χ3v) is 6.51. The minimum Gasteiger partial charge on any atom is -0.354 e. The number of rotatable bonds is 5. The van der Waals surface area contributed by atoms with Gasteiger partial charge in [-0.25, -0.2) is 9.50 Å². The lowest BCUT2D eigenvalue weighted by Crippen LogP contribution is -2.41. The fourth-order valence-corrected chi connectivity index (χ4v) is 4.89. The molecule has 0 unspecified atom stereocenters. The fourth-order valence-electron chi connectivity index (χ4n) is 4.89. The third kappa shape index (κ3) is 3.64. The second-order valence-corrected chi connectivity index (χ2v) is 8.91. The van der Waals surface area contributed by atoms with E-state index in [9.17, 15) is 4.79 Å². The van der Waals surface area contributed by atoms with Gasteiger partial charge in [0.1, 0.15) is 6.33 Å². The number of fused-ring (bicyclic) bond motifs is 2. The Balaban J connectivity index is 1.47. The number of nitrogens with zero attached hydrogens (tertiary/aromatic N) is 5. The van der Waals surface area contributed by atoms with E-state index in [0.717, 1.165) is 42.7 Å². The minimum absolute atomic E-state index is 0.191. The van der Waals surface area contributed by atoms with Crippen LogP contribution in [0.4, 0.5) is 0 Å². The van der Waals surface area contributed by atoms with Gasteiger partial charge in [-0.3, -0.25) is 4.79 Å². The van der Waals surface area contributed by atoms with Crippen LogP contribution in [0.2, 0.25) is 0 Å². The Hall–Kier alpha value is -3.26. The molecule has 1 fully saturated rings. The molecule has 0 radical (unpaired) electrons. The zero-order chi connectivity index (χ0) is 22.2. The van der Waals surface area contributed by atoms with Gasteiger partial charge in [-0.2, -0.15) is 10.1 Å². The van der Waals surface area contributed by atoms with Crippen LogP contribution in [0.5, 0.6) is 0 Å². The monoisotopic (exact) mass is 431 g/mol. The highest BCUT2D eigenvalue weighted by Crippen LogP contribution is 2.38. The molecule has 3 aromatic heterocycles. The highest BCUT2D eigenvalue weighted by atomic mass is 16.2. The number of carbonyl (C=O) groups excluding carboxylic acids is 1. The quantitative estimate of drug-likeness (QED) is 0.506. The Morgan fingerprint density at radius 2 is 2.06 bits per heavy atom. The van der Waals surface area contributed by atoms with E-state index in [1.165, 1.54) is 22.8 Å². The summed E-state index contributed by atoms with van der Waals surface area (Å²) in [4.78, 5) is 26.4. The van der Waals surface area contributed by atoms with Crippen molar-refractivity contribution in [3.63, 3.8) is 0 Å². The van der Waals surface area contributed by atoms with Crippen molar-refractivity contribution in [3.05, 3.63) is 48.0 Å². The second-order valence-electron chi connectivity index (χ2n) is 8.91. The summed E-state index contributed by atoms with van der Waals surface area (Å²) in [6.45, 7) is 6.51. The third-order valence-electron chi connectivity index (χ3n) is 6.51. The molecule has 0 bridgehead atoms. The lowest BCUT2D eigenvalue weighted by molar-refractivity contribution is -0.131. The lowest BCUT2D eigenvalue weighted by atomic mass is 9.87. The topological polar surface area (TPSA) is 91.2 Å². The Morgan fingerprint density at radius 3 is 2.81 bits per heavy atom. The van der Waals surface area contributed by atoms with Crippen molar-refractivity contribution in [2.45, 2.75) is 38.5 Å². The van der Waals surface area contributed by atoms with Crippen molar-refractivity contribution < 1.29 is 4.79 Å². The molecule has 1 aliphatic heterocycles.